The molecule has 0 bridgehead atoms. The molecule has 5 nitrogen and oxygen atoms in total. The summed E-state index contributed by atoms with van der Waals surface area (Å²) in [5, 5.41) is 0. The molecule has 0 aromatic carbocycles. The highest BCUT2D eigenvalue weighted by Gasteiger charge is 2.23. The zero-order valence-corrected chi connectivity index (χ0v) is 13.5. The van der Waals surface area contributed by atoms with Crippen LogP contribution in [0.2, 0.25) is 0 Å². The minimum Gasteiger partial charge on any atom is -0.353 e. The number of hydrogen-bond acceptors (Lipinski definition) is 5. The molecule has 0 unspecified atom stereocenters. The fraction of sp³-hybridized carbons (Fsp3) is 0.471. The highest BCUT2D eigenvalue weighted by molar-refractivity contribution is 5.43. The summed E-state index contributed by atoms with van der Waals surface area (Å²) in [4.78, 5) is 18.2. The van der Waals surface area contributed by atoms with E-state index in [9.17, 15) is 0 Å². The van der Waals surface area contributed by atoms with Gasteiger partial charge in [0.15, 0.2) is 0 Å². The second kappa shape index (κ2) is 6.40. The first kappa shape index (κ1) is 14.9. The molecule has 0 amide bonds. The van der Waals surface area contributed by atoms with Crippen molar-refractivity contribution in [2.24, 2.45) is 0 Å². The number of hydrogen-bond donors (Lipinski definition) is 0. The fourth-order valence-electron chi connectivity index (χ4n) is 2.98. The quantitative estimate of drug-likeness (QED) is 0.870. The lowest BCUT2D eigenvalue weighted by molar-refractivity contribution is 0.198. The van der Waals surface area contributed by atoms with Crippen molar-refractivity contribution in [2.45, 2.75) is 26.8 Å². The zero-order valence-electron chi connectivity index (χ0n) is 13.5. The number of anilines is 1. The topological polar surface area (TPSA) is 45.2 Å². The largest absolute Gasteiger partial charge is 0.353 e. The minimum atomic E-state index is 0.403. The van der Waals surface area contributed by atoms with E-state index in [1.807, 2.05) is 38.5 Å². The Labute approximate surface area is 132 Å². The number of aryl methyl sites for hydroxylation is 2. The Morgan fingerprint density at radius 1 is 1.09 bits per heavy atom. The van der Waals surface area contributed by atoms with E-state index in [2.05, 4.69) is 37.7 Å². The monoisotopic (exact) mass is 297 g/mol. The van der Waals surface area contributed by atoms with E-state index in [1.165, 1.54) is 5.56 Å². The third-order valence-electron chi connectivity index (χ3n) is 4.38. The second-order valence-corrected chi connectivity index (χ2v) is 5.91. The summed E-state index contributed by atoms with van der Waals surface area (Å²) in [5.74, 6) is 1.04. The molecule has 116 valence electrons. The van der Waals surface area contributed by atoms with Gasteiger partial charge in [-0.1, -0.05) is 6.07 Å². The molecule has 3 heterocycles. The molecule has 1 fully saturated rings. The van der Waals surface area contributed by atoms with Crippen LogP contribution in [0.15, 0.2) is 30.7 Å². The van der Waals surface area contributed by atoms with Crippen molar-refractivity contribution in [1.29, 1.82) is 0 Å². The number of piperazine rings is 1. The van der Waals surface area contributed by atoms with Crippen LogP contribution in [-0.2, 0) is 0 Å². The Balaban J connectivity index is 1.66. The summed E-state index contributed by atoms with van der Waals surface area (Å²) in [7, 11) is 0. The van der Waals surface area contributed by atoms with Crippen molar-refractivity contribution in [3.8, 4) is 0 Å². The molecule has 0 aliphatic carbocycles. The van der Waals surface area contributed by atoms with E-state index < -0.39 is 0 Å². The van der Waals surface area contributed by atoms with Gasteiger partial charge in [-0.3, -0.25) is 14.9 Å². The molecular weight excluding hydrogens is 274 g/mol. The summed E-state index contributed by atoms with van der Waals surface area (Å²) in [6.45, 7) is 10.3. The first-order valence-corrected chi connectivity index (χ1v) is 7.84. The third-order valence-corrected chi connectivity index (χ3v) is 4.38. The number of aromatic nitrogens is 3. The van der Waals surface area contributed by atoms with Gasteiger partial charge in [0.2, 0.25) is 0 Å². The lowest BCUT2D eigenvalue weighted by Crippen LogP contribution is -2.47. The van der Waals surface area contributed by atoms with Crippen LogP contribution in [0.25, 0.3) is 0 Å². The fourth-order valence-corrected chi connectivity index (χ4v) is 2.98. The molecule has 3 rings (SSSR count). The van der Waals surface area contributed by atoms with Crippen molar-refractivity contribution in [3.63, 3.8) is 0 Å². The average Bonchev–Trinajstić information content (AvgIpc) is 2.57. The molecule has 0 spiro atoms. The molecule has 5 heteroatoms. The van der Waals surface area contributed by atoms with Crippen molar-refractivity contribution in [3.05, 3.63) is 47.7 Å². The summed E-state index contributed by atoms with van der Waals surface area (Å²) in [6, 6.07) is 4.56. The first-order valence-electron chi connectivity index (χ1n) is 7.84. The van der Waals surface area contributed by atoms with Crippen molar-refractivity contribution >= 4 is 5.82 Å². The van der Waals surface area contributed by atoms with Gasteiger partial charge in [0.25, 0.3) is 0 Å². The Morgan fingerprint density at radius 2 is 1.86 bits per heavy atom. The molecular formula is C17H23N5. The third kappa shape index (κ3) is 3.09. The molecule has 0 saturated carbocycles. The van der Waals surface area contributed by atoms with Gasteiger partial charge in [0.05, 0.1) is 11.4 Å². The van der Waals surface area contributed by atoms with E-state index in [4.69, 9.17) is 0 Å². The van der Waals surface area contributed by atoms with E-state index in [0.29, 0.717) is 6.04 Å². The number of rotatable bonds is 3. The predicted molar refractivity (Wildman–Crippen MR) is 87.9 cm³/mol. The van der Waals surface area contributed by atoms with Crippen LogP contribution in [-0.4, -0.2) is 46.0 Å². The lowest BCUT2D eigenvalue weighted by Gasteiger charge is -2.39. The summed E-state index contributed by atoms with van der Waals surface area (Å²) >= 11 is 0. The molecule has 0 radical (unpaired) electrons. The summed E-state index contributed by atoms with van der Waals surface area (Å²) in [6.07, 6.45) is 5.63. The van der Waals surface area contributed by atoms with E-state index in [-0.39, 0.29) is 0 Å². The van der Waals surface area contributed by atoms with Crippen LogP contribution in [0.5, 0.6) is 0 Å². The van der Waals surface area contributed by atoms with Crippen LogP contribution in [0.1, 0.15) is 29.9 Å². The molecule has 1 atom stereocenters. The van der Waals surface area contributed by atoms with Gasteiger partial charge in [-0.15, -0.1) is 0 Å². The molecule has 2 aromatic rings. The Bertz CT molecular complexity index is 620. The zero-order chi connectivity index (χ0) is 15.5. The minimum absolute atomic E-state index is 0.403. The van der Waals surface area contributed by atoms with Crippen molar-refractivity contribution in [1.82, 2.24) is 19.9 Å². The van der Waals surface area contributed by atoms with Gasteiger partial charge < -0.3 is 4.90 Å². The molecule has 1 aliphatic rings. The van der Waals surface area contributed by atoms with E-state index in [1.54, 1.807) is 0 Å². The van der Waals surface area contributed by atoms with Gasteiger partial charge in [0.1, 0.15) is 5.82 Å². The second-order valence-electron chi connectivity index (χ2n) is 5.91. The van der Waals surface area contributed by atoms with Gasteiger partial charge in [-0.05, 0) is 32.4 Å². The Kier molecular flexibility index (Phi) is 4.34. The van der Waals surface area contributed by atoms with Gasteiger partial charge in [-0.25, -0.2) is 4.98 Å². The highest BCUT2D eigenvalue weighted by Crippen LogP contribution is 2.23. The smallest absolute Gasteiger partial charge is 0.150 e. The standard InChI is InChI=1S/C17H23N5/c1-13-11-19-14(2)17(20-13)22-9-7-21(8-10-22)15(3)16-5-4-6-18-12-16/h4-6,11-12,15H,7-10H2,1-3H3/t15-/m1/s1. The first-order chi connectivity index (χ1) is 10.6. The lowest BCUT2D eigenvalue weighted by atomic mass is 10.1. The Hall–Kier alpha value is -2.01. The highest BCUT2D eigenvalue weighted by atomic mass is 15.3. The summed E-state index contributed by atoms with van der Waals surface area (Å²) < 4.78 is 0. The van der Waals surface area contributed by atoms with Crippen LogP contribution in [0, 0.1) is 13.8 Å². The SMILES string of the molecule is Cc1cnc(C)c(N2CCN([C@H](C)c3cccnc3)CC2)n1. The summed E-state index contributed by atoms with van der Waals surface area (Å²) in [5.41, 5.74) is 3.27. The van der Waals surface area contributed by atoms with Crippen LogP contribution in [0.3, 0.4) is 0 Å². The maximum Gasteiger partial charge on any atom is 0.150 e. The molecule has 22 heavy (non-hydrogen) atoms. The van der Waals surface area contributed by atoms with Crippen LogP contribution in [0.4, 0.5) is 5.82 Å². The predicted octanol–water partition coefficient (Wildman–Crippen LogP) is 2.37. The maximum atomic E-state index is 4.66. The van der Waals surface area contributed by atoms with Crippen molar-refractivity contribution in [2.75, 3.05) is 31.1 Å². The van der Waals surface area contributed by atoms with Gasteiger partial charge >= 0.3 is 0 Å². The molecule has 0 N–H and O–H groups in total. The van der Waals surface area contributed by atoms with Gasteiger partial charge in [0, 0.05) is 50.8 Å². The van der Waals surface area contributed by atoms with E-state index >= 15 is 0 Å². The van der Waals surface area contributed by atoms with Crippen LogP contribution >= 0.6 is 0 Å². The van der Waals surface area contributed by atoms with Crippen LogP contribution < -0.4 is 4.90 Å². The number of nitrogens with zero attached hydrogens (tertiary/aromatic N) is 5. The molecule has 1 saturated heterocycles. The molecule has 1 aliphatic heterocycles. The maximum absolute atomic E-state index is 4.66. The van der Waals surface area contributed by atoms with Gasteiger partial charge in [-0.2, -0.15) is 0 Å². The van der Waals surface area contributed by atoms with E-state index in [0.717, 1.165) is 43.4 Å². The Morgan fingerprint density at radius 3 is 2.55 bits per heavy atom. The normalized spacial score (nSPS) is 17.5. The number of pyridine rings is 1. The molecule has 2 aromatic heterocycles. The average molecular weight is 297 g/mol. The van der Waals surface area contributed by atoms with Crippen molar-refractivity contribution < 1.29 is 0 Å².